The third kappa shape index (κ3) is 8.12. The van der Waals surface area contributed by atoms with Gasteiger partial charge in [0.1, 0.15) is 0 Å². The highest BCUT2D eigenvalue weighted by atomic mass is 32.2. The summed E-state index contributed by atoms with van der Waals surface area (Å²) in [5, 5.41) is 0. The zero-order chi connectivity index (χ0) is 18.0. The summed E-state index contributed by atoms with van der Waals surface area (Å²) < 4.78 is 33.9. The van der Waals surface area contributed by atoms with E-state index in [2.05, 4.69) is 0 Å². The number of ether oxygens (including phenoxy) is 1. The van der Waals surface area contributed by atoms with Crippen LogP contribution >= 0.6 is 0 Å². The van der Waals surface area contributed by atoms with E-state index >= 15 is 0 Å². The first kappa shape index (κ1) is 20.2. The number of hydrogen-bond acceptors (Lipinski definition) is 6. The first-order valence-electron chi connectivity index (χ1n) is 7.88. The van der Waals surface area contributed by atoms with Crippen LogP contribution in [0.4, 0.5) is 0 Å². The fourth-order valence-electron chi connectivity index (χ4n) is 1.90. The summed E-state index contributed by atoms with van der Waals surface area (Å²) in [6.45, 7) is 3.98. The van der Waals surface area contributed by atoms with Gasteiger partial charge in [-0.25, -0.2) is 4.79 Å². The molecule has 0 unspecified atom stereocenters. The highest BCUT2D eigenvalue weighted by molar-refractivity contribution is 7.86. The molecule has 0 heterocycles. The predicted octanol–water partition coefficient (Wildman–Crippen LogP) is 2.67. The summed E-state index contributed by atoms with van der Waals surface area (Å²) in [6, 6.07) is 6.55. The lowest BCUT2D eigenvalue weighted by Crippen LogP contribution is -2.08. The lowest BCUT2D eigenvalue weighted by Gasteiger charge is -2.06. The van der Waals surface area contributed by atoms with Gasteiger partial charge in [0.15, 0.2) is 0 Å². The molecule has 0 radical (unpaired) electrons. The molecular formula is C17H25NO5S. The van der Waals surface area contributed by atoms with Crippen molar-refractivity contribution in [1.29, 1.82) is 0 Å². The van der Waals surface area contributed by atoms with E-state index in [1.54, 1.807) is 19.1 Å². The van der Waals surface area contributed by atoms with Gasteiger partial charge in [0, 0.05) is 11.8 Å². The number of unbranched alkanes of at least 4 members (excludes halogenated alkanes) is 3. The van der Waals surface area contributed by atoms with Crippen LogP contribution in [0.3, 0.4) is 0 Å². The second-order valence-corrected chi connectivity index (χ2v) is 7.17. The molecule has 1 aromatic rings. The van der Waals surface area contributed by atoms with Crippen molar-refractivity contribution >= 4 is 16.1 Å². The van der Waals surface area contributed by atoms with E-state index in [0.29, 0.717) is 25.1 Å². The number of aryl methyl sites for hydroxylation is 1. The fourth-order valence-corrected chi connectivity index (χ4v) is 2.84. The first-order chi connectivity index (χ1) is 11.3. The number of carbonyl (C=O) groups excluding carboxylic acids is 1. The Kier molecular flexibility index (Phi) is 8.49. The molecule has 7 heteroatoms. The predicted molar refractivity (Wildman–Crippen MR) is 91.7 cm³/mol. The van der Waals surface area contributed by atoms with Gasteiger partial charge in [0.25, 0.3) is 10.1 Å². The molecule has 0 bridgehead atoms. The molecule has 1 aromatic carbocycles. The van der Waals surface area contributed by atoms with Gasteiger partial charge in [-0.05, 0) is 45.2 Å². The van der Waals surface area contributed by atoms with E-state index in [-0.39, 0.29) is 11.5 Å². The Morgan fingerprint density at radius 2 is 1.67 bits per heavy atom. The van der Waals surface area contributed by atoms with Crippen LogP contribution in [-0.2, 0) is 23.8 Å². The van der Waals surface area contributed by atoms with Crippen molar-refractivity contribution in [2.75, 3.05) is 13.2 Å². The maximum absolute atomic E-state index is 11.9. The van der Waals surface area contributed by atoms with Crippen LogP contribution in [-0.4, -0.2) is 27.6 Å². The van der Waals surface area contributed by atoms with Gasteiger partial charge in [-0.15, -0.1) is 0 Å². The lowest BCUT2D eigenvalue weighted by atomic mass is 10.2. The summed E-state index contributed by atoms with van der Waals surface area (Å²) in [5.74, 6) is -0.442. The maximum Gasteiger partial charge on any atom is 0.332 e. The van der Waals surface area contributed by atoms with Crippen LogP contribution in [0.1, 0.15) is 38.2 Å². The monoisotopic (exact) mass is 355 g/mol. The SMILES string of the molecule is CC(N)=CC(=O)OCCCCCCOS(=O)(=O)c1ccc(C)cc1. The summed E-state index contributed by atoms with van der Waals surface area (Å²) in [7, 11) is -3.68. The van der Waals surface area contributed by atoms with Crippen LogP contribution in [0, 0.1) is 6.92 Å². The molecule has 0 aliphatic carbocycles. The third-order valence-electron chi connectivity index (χ3n) is 3.18. The van der Waals surface area contributed by atoms with Gasteiger partial charge in [0.05, 0.1) is 18.1 Å². The highest BCUT2D eigenvalue weighted by Crippen LogP contribution is 2.14. The number of nitrogens with two attached hydrogens (primary N) is 1. The van der Waals surface area contributed by atoms with Crippen molar-refractivity contribution in [3.05, 3.63) is 41.6 Å². The number of allylic oxidation sites excluding steroid dienone is 1. The largest absolute Gasteiger partial charge is 0.462 e. The average molecular weight is 355 g/mol. The topological polar surface area (TPSA) is 95.7 Å². The first-order valence-corrected chi connectivity index (χ1v) is 9.29. The number of hydrogen-bond donors (Lipinski definition) is 1. The van der Waals surface area contributed by atoms with E-state index in [9.17, 15) is 13.2 Å². The Morgan fingerprint density at radius 1 is 1.08 bits per heavy atom. The Labute approximate surface area is 143 Å². The smallest absolute Gasteiger partial charge is 0.332 e. The molecule has 0 saturated carbocycles. The second kappa shape index (κ2) is 10.1. The zero-order valence-corrected chi connectivity index (χ0v) is 15.0. The van der Waals surface area contributed by atoms with E-state index in [1.165, 1.54) is 18.2 Å². The number of carbonyl (C=O) groups is 1. The third-order valence-corrected chi connectivity index (χ3v) is 4.50. The Balaban J connectivity index is 2.15. The van der Waals surface area contributed by atoms with Crippen molar-refractivity contribution in [2.45, 2.75) is 44.4 Å². The second-order valence-electron chi connectivity index (χ2n) is 5.56. The molecule has 0 amide bonds. The van der Waals surface area contributed by atoms with Gasteiger partial charge >= 0.3 is 5.97 Å². The lowest BCUT2D eigenvalue weighted by molar-refractivity contribution is -0.137. The molecule has 6 nitrogen and oxygen atoms in total. The van der Waals surface area contributed by atoms with Gasteiger partial charge < -0.3 is 10.5 Å². The Bertz CT molecular complexity index is 646. The minimum Gasteiger partial charge on any atom is -0.462 e. The molecule has 0 atom stereocenters. The molecular weight excluding hydrogens is 330 g/mol. The van der Waals surface area contributed by atoms with Crippen LogP contribution in [0.25, 0.3) is 0 Å². The maximum atomic E-state index is 11.9. The van der Waals surface area contributed by atoms with Crippen LogP contribution in [0.5, 0.6) is 0 Å². The standard InChI is InChI=1S/C17H25NO5S/c1-14-7-9-16(10-8-14)24(20,21)23-12-6-4-3-5-11-22-17(19)13-15(2)18/h7-10,13H,3-6,11-12,18H2,1-2H3. The molecule has 0 saturated heterocycles. The van der Waals surface area contributed by atoms with E-state index in [0.717, 1.165) is 18.4 Å². The summed E-state index contributed by atoms with van der Waals surface area (Å²) >= 11 is 0. The summed E-state index contributed by atoms with van der Waals surface area (Å²) in [5.41, 5.74) is 6.76. The van der Waals surface area contributed by atoms with Gasteiger partial charge in [-0.2, -0.15) is 8.42 Å². The van der Waals surface area contributed by atoms with Gasteiger partial charge in [-0.3, -0.25) is 4.18 Å². The van der Waals surface area contributed by atoms with Gasteiger partial charge in [-0.1, -0.05) is 24.1 Å². The van der Waals surface area contributed by atoms with Crippen molar-refractivity contribution in [3.8, 4) is 0 Å². The highest BCUT2D eigenvalue weighted by Gasteiger charge is 2.14. The number of rotatable bonds is 10. The minimum absolute atomic E-state index is 0.144. The molecule has 0 spiro atoms. The molecule has 24 heavy (non-hydrogen) atoms. The van der Waals surface area contributed by atoms with E-state index in [4.69, 9.17) is 14.7 Å². The van der Waals surface area contributed by atoms with Crippen molar-refractivity contribution in [3.63, 3.8) is 0 Å². The molecule has 1 rings (SSSR count). The number of benzene rings is 1. The van der Waals surface area contributed by atoms with Crippen LogP contribution < -0.4 is 5.73 Å². The summed E-state index contributed by atoms with van der Waals surface area (Å²) in [6.07, 6.45) is 4.21. The van der Waals surface area contributed by atoms with Gasteiger partial charge in [0.2, 0.25) is 0 Å². The molecule has 0 aliphatic heterocycles. The van der Waals surface area contributed by atoms with Crippen molar-refractivity contribution in [2.24, 2.45) is 5.73 Å². The molecule has 134 valence electrons. The quantitative estimate of drug-likeness (QED) is 0.300. The van der Waals surface area contributed by atoms with E-state index in [1.807, 2.05) is 6.92 Å². The average Bonchev–Trinajstić information content (AvgIpc) is 2.49. The zero-order valence-electron chi connectivity index (χ0n) is 14.2. The Hall–Kier alpha value is -1.86. The van der Waals surface area contributed by atoms with Crippen molar-refractivity contribution in [1.82, 2.24) is 0 Å². The fraction of sp³-hybridized carbons (Fsp3) is 0.471. The Morgan fingerprint density at radius 3 is 2.25 bits per heavy atom. The molecule has 0 fully saturated rings. The molecule has 2 N–H and O–H groups in total. The van der Waals surface area contributed by atoms with Crippen molar-refractivity contribution < 1.29 is 22.1 Å². The van der Waals surface area contributed by atoms with Crippen LogP contribution in [0.15, 0.2) is 40.9 Å². The number of esters is 1. The molecule has 0 aliphatic rings. The normalized spacial score (nSPS) is 12.2. The molecule has 0 aromatic heterocycles. The van der Waals surface area contributed by atoms with E-state index < -0.39 is 16.1 Å². The van der Waals surface area contributed by atoms with Crippen LogP contribution in [0.2, 0.25) is 0 Å². The minimum atomic E-state index is -3.68. The summed E-state index contributed by atoms with van der Waals surface area (Å²) in [4.78, 5) is 11.4.